The Morgan fingerprint density at radius 1 is 1.10 bits per heavy atom. The first kappa shape index (κ1) is 14.5. The zero-order valence-corrected chi connectivity index (χ0v) is 12.4. The van der Waals surface area contributed by atoms with Gasteiger partial charge in [-0.3, -0.25) is 0 Å². The Morgan fingerprint density at radius 2 is 1.80 bits per heavy atom. The number of carbonyl (C=O) groups excluding carboxylic acids is 1. The van der Waals surface area contributed by atoms with Crippen molar-refractivity contribution in [3.05, 3.63) is 70.2 Å². The lowest BCUT2D eigenvalue weighted by atomic mass is 10.1. The highest BCUT2D eigenvalue weighted by molar-refractivity contribution is 9.10. The molecule has 0 amide bonds. The number of benzene rings is 2. The Morgan fingerprint density at radius 3 is 2.50 bits per heavy atom. The lowest BCUT2D eigenvalue weighted by Gasteiger charge is -1.99. The van der Waals surface area contributed by atoms with Gasteiger partial charge in [0.15, 0.2) is 0 Å². The van der Waals surface area contributed by atoms with Gasteiger partial charge in [0.2, 0.25) is 0 Å². The van der Waals surface area contributed by atoms with Crippen molar-refractivity contribution in [1.82, 2.24) is 0 Å². The summed E-state index contributed by atoms with van der Waals surface area (Å²) in [4.78, 5) is 16.3. The number of aryl methyl sites for hydroxylation is 1. The number of halogens is 1. The Bertz CT molecular complexity index is 579. The Balaban J connectivity index is 1.76. The summed E-state index contributed by atoms with van der Waals surface area (Å²) in [5, 5.41) is 3.69. The number of carbonyl (C=O) groups is 1. The first-order chi connectivity index (χ1) is 9.74. The number of nitrogens with zero attached hydrogens (tertiary/aromatic N) is 1. The fourth-order valence-corrected chi connectivity index (χ4v) is 1.90. The quantitative estimate of drug-likeness (QED) is 0.472. The molecule has 0 aliphatic heterocycles. The Labute approximate surface area is 126 Å². The molecule has 0 N–H and O–H groups in total. The van der Waals surface area contributed by atoms with E-state index in [9.17, 15) is 4.79 Å². The van der Waals surface area contributed by atoms with E-state index < -0.39 is 0 Å². The van der Waals surface area contributed by atoms with Crippen molar-refractivity contribution >= 4 is 28.1 Å². The van der Waals surface area contributed by atoms with Crippen LogP contribution in [0.25, 0.3) is 0 Å². The minimum Gasteiger partial charge on any atom is -0.318 e. The third-order valence-electron chi connectivity index (χ3n) is 2.69. The molecule has 0 unspecified atom stereocenters. The number of hydrogen-bond donors (Lipinski definition) is 0. The summed E-state index contributed by atoms with van der Waals surface area (Å²) in [6.45, 7) is 0. The van der Waals surface area contributed by atoms with E-state index in [1.165, 1.54) is 6.21 Å². The fraction of sp³-hybridized carbons (Fsp3) is 0.125. The van der Waals surface area contributed by atoms with Crippen LogP contribution in [0.1, 0.15) is 17.5 Å². The van der Waals surface area contributed by atoms with Gasteiger partial charge in [-0.05, 0) is 29.7 Å². The van der Waals surface area contributed by atoms with Gasteiger partial charge in [-0.25, -0.2) is 4.79 Å². The summed E-state index contributed by atoms with van der Waals surface area (Å²) >= 11 is 3.35. The summed E-state index contributed by atoms with van der Waals surface area (Å²) in [5.41, 5.74) is 1.99. The predicted octanol–water partition coefficient (Wildman–Crippen LogP) is 3.96. The molecule has 2 rings (SSSR count). The van der Waals surface area contributed by atoms with Crippen LogP contribution >= 0.6 is 15.9 Å². The molecule has 0 atom stereocenters. The second-order valence-electron chi connectivity index (χ2n) is 4.23. The summed E-state index contributed by atoms with van der Waals surface area (Å²) in [7, 11) is 0. The van der Waals surface area contributed by atoms with E-state index in [-0.39, 0.29) is 5.97 Å². The molecule has 4 heteroatoms. The molecule has 0 aliphatic rings. The normalized spacial score (nSPS) is 10.7. The molecule has 0 radical (unpaired) electrons. The molecule has 0 saturated carbocycles. The molecular formula is C16H14BrNO2. The van der Waals surface area contributed by atoms with Crippen LogP contribution in [0.2, 0.25) is 0 Å². The summed E-state index contributed by atoms with van der Waals surface area (Å²) in [5.74, 6) is -0.331. The van der Waals surface area contributed by atoms with Crippen LogP contribution < -0.4 is 0 Å². The molecular weight excluding hydrogens is 318 g/mol. The number of rotatable bonds is 5. The highest BCUT2D eigenvalue weighted by atomic mass is 79.9. The zero-order valence-electron chi connectivity index (χ0n) is 10.8. The standard InChI is InChI=1S/C16H14BrNO2/c17-15-9-6-14(7-10-15)12-18-20-16(19)11-8-13-4-2-1-3-5-13/h1-7,9-10,12H,8,11H2. The molecule has 0 aliphatic carbocycles. The SMILES string of the molecule is O=C(CCc1ccccc1)ON=Cc1ccc(Br)cc1. The zero-order chi connectivity index (χ0) is 14.2. The summed E-state index contributed by atoms with van der Waals surface area (Å²) < 4.78 is 0.995. The van der Waals surface area contributed by atoms with E-state index in [0.29, 0.717) is 12.8 Å². The van der Waals surface area contributed by atoms with Gasteiger partial charge in [-0.2, -0.15) is 0 Å². The predicted molar refractivity (Wildman–Crippen MR) is 82.6 cm³/mol. The van der Waals surface area contributed by atoms with Gasteiger partial charge in [0.25, 0.3) is 0 Å². The maximum atomic E-state index is 11.5. The van der Waals surface area contributed by atoms with Gasteiger partial charge in [-0.1, -0.05) is 63.6 Å². The lowest BCUT2D eigenvalue weighted by Crippen LogP contribution is -2.02. The van der Waals surface area contributed by atoms with Crippen molar-refractivity contribution in [3.63, 3.8) is 0 Å². The van der Waals surface area contributed by atoms with Gasteiger partial charge < -0.3 is 4.84 Å². The van der Waals surface area contributed by atoms with Crippen LogP contribution in [0.3, 0.4) is 0 Å². The average Bonchev–Trinajstić information content (AvgIpc) is 2.48. The number of oxime groups is 1. The Hall–Kier alpha value is -1.94. The monoisotopic (exact) mass is 331 g/mol. The van der Waals surface area contributed by atoms with Crippen molar-refractivity contribution in [2.45, 2.75) is 12.8 Å². The summed E-state index contributed by atoms with van der Waals surface area (Å²) in [6, 6.07) is 17.4. The smallest absolute Gasteiger partial charge is 0.318 e. The van der Waals surface area contributed by atoms with Gasteiger partial charge in [0, 0.05) is 4.47 Å². The molecule has 2 aromatic carbocycles. The van der Waals surface area contributed by atoms with Crippen LogP contribution in [-0.4, -0.2) is 12.2 Å². The van der Waals surface area contributed by atoms with E-state index in [4.69, 9.17) is 4.84 Å². The second-order valence-corrected chi connectivity index (χ2v) is 5.15. The maximum absolute atomic E-state index is 11.5. The summed E-state index contributed by atoms with van der Waals surface area (Å²) in [6.07, 6.45) is 2.50. The number of hydrogen-bond acceptors (Lipinski definition) is 3. The molecule has 0 bridgehead atoms. The molecule has 3 nitrogen and oxygen atoms in total. The maximum Gasteiger partial charge on any atom is 0.335 e. The van der Waals surface area contributed by atoms with E-state index in [2.05, 4.69) is 21.1 Å². The highest BCUT2D eigenvalue weighted by Gasteiger charge is 2.02. The molecule has 0 spiro atoms. The van der Waals surface area contributed by atoms with Crippen molar-refractivity contribution < 1.29 is 9.63 Å². The fourth-order valence-electron chi connectivity index (χ4n) is 1.63. The molecule has 0 fully saturated rings. The third kappa shape index (κ3) is 4.97. The van der Waals surface area contributed by atoms with Gasteiger partial charge >= 0.3 is 5.97 Å². The van der Waals surface area contributed by atoms with Gasteiger partial charge in [0.05, 0.1) is 12.6 Å². The second kappa shape index (κ2) is 7.60. The van der Waals surface area contributed by atoms with Crippen LogP contribution in [-0.2, 0) is 16.1 Å². The van der Waals surface area contributed by atoms with Crippen LogP contribution in [0.4, 0.5) is 0 Å². The molecule has 0 saturated heterocycles. The third-order valence-corrected chi connectivity index (χ3v) is 3.22. The average molecular weight is 332 g/mol. The molecule has 102 valence electrons. The van der Waals surface area contributed by atoms with Crippen LogP contribution in [0, 0.1) is 0 Å². The van der Waals surface area contributed by atoms with E-state index in [1.54, 1.807) is 0 Å². The largest absolute Gasteiger partial charge is 0.335 e. The van der Waals surface area contributed by atoms with E-state index >= 15 is 0 Å². The van der Waals surface area contributed by atoms with Gasteiger partial charge in [-0.15, -0.1) is 0 Å². The van der Waals surface area contributed by atoms with Crippen LogP contribution in [0.5, 0.6) is 0 Å². The lowest BCUT2D eigenvalue weighted by molar-refractivity contribution is -0.143. The van der Waals surface area contributed by atoms with Gasteiger partial charge in [0.1, 0.15) is 0 Å². The molecule has 0 aromatic heterocycles. The van der Waals surface area contributed by atoms with Crippen molar-refractivity contribution in [2.24, 2.45) is 5.16 Å². The van der Waals surface area contributed by atoms with Crippen molar-refractivity contribution in [1.29, 1.82) is 0 Å². The topological polar surface area (TPSA) is 38.7 Å². The Kier molecular flexibility index (Phi) is 5.50. The molecule has 0 heterocycles. The minimum atomic E-state index is -0.331. The highest BCUT2D eigenvalue weighted by Crippen LogP contribution is 2.09. The molecule has 2 aromatic rings. The van der Waals surface area contributed by atoms with Crippen molar-refractivity contribution in [2.75, 3.05) is 0 Å². The van der Waals surface area contributed by atoms with E-state index in [1.807, 2.05) is 54.6 Å². The molecule has 20 heavy (non-hydrogen) atoms. The minimum absolute atomic E-state index is 0.321. The first-order valence-corrected chi connectivity index (χ1v) is 7.06. The van der Waals surface area contributed by atoms with Crippen molar-refractivity contribution in [3.8, 4) is 0 Å². The first-order valence-electron chi connectivity index (χ1n) is 6.27. The van der Waals surface area contributed by atoms with Crippen LogP contribution in [0.15, 0.2) is 64.2 Å². The van der Waals surface area contributed by atoms with E-state index in [0.717, 1.165) is 15.6 Å².